The number of anilines is 1. The first-order chi connectivity index (χ1) is 11.6. The van der Waals surface area contributed by atoms with E-state index in [0.29, 0.717) is 23.9 Å². The first kappa shape index (κ1) is 15.7. The van der Waals surface area contributed by atoms with E-state index in [4.69, 9.17) is 4.74 Å². The topological polar surface area (TPSA) is 67.0 Å². The Kier molecular flexibility index (Phi) is 4.56. The van der Waals surface area contributed by atoms with Crippen molar-refractivity contribution >= 4 is 5.95 Å². The second kappa shape index (κ2) is 6.95. The number of methoxy groups -OCH3 is 1. The zero-order valence-corrected chi connectivity index (χ0v) is 13.0. The number of rotatable bonds is 5. The molecule has 5 nitrogen and oxygen atoms in total. The summed E-state index contributed by atoms with van der Waals surface area (Å²) in [5.74, 6) is 0.755. The highest BCUT2D eigenvalue weighted by molar-refractivity contribution is 5.61. The second-order valence-electron chi connectivity index (χ2n) is 5.19. The molecular formula is C18H16FN3O2. The Hall–Kier alpha value is -3.15. The van der Waals surface area contributed by atoms with Gasteiger partial charge in [0, 0.05) is 18.2 Å². The molecule has 0 aliphatic heterocycles. The fraction of sp³-hybridized carbons (Fsp3) is 0.111. The van der Waals surface area contributed by atoms with Crippen molar-refractivity contribution in [2.24, 2.45) is 0 Å². The van der Waals surface area contributed by atoms with E-state index in [1.54, 1.807) is 19.2 Å². The predicted octanol–water partition coefficient (Wildman–Crippen LogP) is 3.20. The van der Waals surface area contributed by atoms with Gasteiger partial charge >= 0.3 is 0 Å². The number of benzene rings is 2. The molecule has 24 heavy (non-hydrogen) atoms. The molecule has 122 valence electrons. The van der Waals surface area contributed by atoms with Crippen LogP contribution in [0.1, 0.15) is 5.56 Å². The molecular weight excluding hydrogens is 309 g/mol. The lowest BCUT2D eigenvalue weighted by Crippen LogP contribution is -2.12. The van der Waals surface area contributed by atoms with E-state index in [0.717, 1.165) is 11.1 Å². The van der Waals surface area contributed by atoms with Crippen molar-refractivity contribution in [3.05, 3.63) is 76.3 Å². The molecule has 3 aromatic rings. The highest BCUT2D eigenvalue weighted by Gasteiger charge is 2.05. The summed E-state index contributed by atoms with van der Waals surface area (Å²) in [7, 11) is 1.58. The Morgan fingerprint density at radius 3 is 2.71 bits per heavy atom. The van der Waals surface area contributed by atoms with Crippen molar-refractivity contribution < 1.29 is 9.13 Å². The lowest BCUT2D eigenvalue weighted by molar-refractivity contribution is 0.415. The van der Waals surface area contributed by atoms with Gasteiger partial charge in [0.1, 0.15) is 11.6 Å². The Bertz CT molecular complexity index is 891. The molecule has 0 aliphatic carbocycles. The summed E-state index contributed by atoms with van der Waals surface area (Å²) in [5, 5.41) is 3.04. The third kappa shape index (κ3) is 3.78. The summed E-state index contributed by atoms with van der Waals surface area (Å²) < 4.78 is 18.1. The van der Waals surface area contributed by atoms with Crippen molar-refractivity contribution in [1.82, 2.24) is 9.97 Å². The summed E-state index contributed by atoms with van der Waals surface area (Å²) in [5.41, 5.74) is 1.94. The van der Waals surface area contributed by atoms with Crippen molar-refractivity contribution in [3.63, 3.8) is 0 Å². The third-order valence-corrected chi connectivity index (χ3v) is 3.48. The molecule has 0 atom stereocenters. The molecule has 0 saturated carbocycles. The highest BCUT2D eigenvalue weighted by Crippen LogP contribution is 2.21. The van der Waals surface area contributed by atoms with Crippen LogP contribution < -0.4 is 15.6 Å². The number of hydrogen-bond acceptors (Lipinski definition) is 4. The molecule has 3 rings (SSSR count). The largest absolute Gasteiger partial charge is 0.497 e. The quantitative estimate of drug-likeness (QED) is 0.756. The van der Waals surface area contributed by atoms with Gasteiger partial charge < -0.3 is 10.1 Å². The van der Waals surface area contributed by atoms with E-state index in [1.165, 1.54) is 18.2 Å². The van der Waals surface area contributed by atoms with E-state index in [9.17, 15) is 9.18 Å². The summed E-state index contributed by atoms with van der Waals surface area (Å²) in [6.45, 7) is 0.421. The molecule has 0 aliphatic rings. The molecule has 2 aromatic carbocycles. The minimum atomic E-state index is -0.287. The average Bonchev–Trinajstić information content (AvgIpc) is 2.61. The maximum atomic E-state index is 12.9. The minimum absolute atomic E-state index is 0.260. The molecule has 0 saturated heterocycles. The predicted molar refractivity (Wildman–Crippen MR) is 90.6 cm³/mol. The zero-order valence-electron chi connectivity index (χ0n) is 13.0. The van der Waals surface area contributed by atoms with Gasteiger partial charge in [-0.05, 0) is 29.8 Å². The van der Waals surface area contributed by atoms with Gasteiger partial charge in [0.2, 0.25) is 5.95 Å². The Morgan fingerprint density at radius 2 is 1.96 bits per heavy atom. The van der Waals surface area contributed by atoms with Gasteiger partial charge in [-0.25, -0.2) is 9.37 Å². The fourth-order valence-corrected chi connectivity index (χ4v) is 2.26. The minimum Gasteiger partial charge on any atom is -0.497 e. The van der Waals surface area contributed by atoms with Crippen LogP contribution in [0.5, 0.6) is 5.75 Å². The van der Waals surface area contributed by atoms with E-state index in [1.807, 2.05) is 24.3 Å². The van der Waals surface area contributed by atoms with Gasteiger partial charge in [-0.15, -0.1) is 0 Å². The molecule has 0 bridgehead atoms. The number of nitrogens with zero attached hydrogens (tertiary/aromatic N) is 1. The van der Waals surface area contributed by atoms with Gasteiger partial charge in [0.05, 0.1) is 12.8 Å². The van der Waals surface area contributed by atoms with E-state index in [-0.39, 0.29) is 11.4 Å². The first-order valence-corrected chi connectivity index (χ1v) is 7.38. The van der Waals surface area contributed by atoms with Gasteiger partial charge in [0.15, 0.2) is 0 Å². The summed E-state index contributed by atoms with van der Waals surface area (Å²) in [6, 6.07) is 14.9. The first-order valence-electron chi connectivity index (χ1n) is 7.38. The van der Waals surface area contributed by atoms with Gasteiger partial charge in [-0.2, -0.15) is 0 Å². The van der Waals surface area contributed by atoms with Crippen LogP contribution in [0.25, 0.3) is 11.3 Å². The van der Waals surface area contributed by atoms with Crippen LogP contribution in [0.2, 0.25) is 0 Å². The number of ether oxygens (including phenoxy) is 1. The number of aromatic amines is 1. The molecule has 0 amide bonds. The van der Waals surface area contributed by atoms with Crippen LogP contribution in [-0.4, -0.2) is 17.1 Å². The lowest BCUT2D eigenvalue weighted by Gasteiger charge is -2.08. The van der Waals surface area contributed by atoms with E-state index in [2.05, 4.69) is 15.3 Å². The van der Waals surface area contributed by atoms with Gasteiger partial charge in [0.25, 0.3) is 5.56 Å². The molecule has 0 radical (unpaired) electrons. The summed E-state index contributed by atoms with van der Waals surface area (Å²) in [4.78, 5) is 18.9. The highest BCUT2D eigenvalue weighted by atomic mass is 19.1. The number of H-pyrrole nitrogens is 1. The number of hydrogen-bond donors (Lipinski definition) is 2. The Morgan fingerprint density at radius 1 is 1.17 bits per heavy atom. The van der Waals surface area contributed by atoms with Crippen molar-refractivity contribution in [2.75, 3.05) is 12.4 Å². The molecule has 2 N–H and O–H groups in total. The van der Waals surface area contributed by atoms with Crippen LogP contribution >= 0.6 is 0 Å². The molecule has 0 spiro atoms. The Balaban J connectivity index is 1.83. The summed E-state index contributed by atoms with van der Waals surface area (Å²) in [6.07, 6.45) is 0. The zero-order chi connectivity index (χ0) is 16.9. The van der Waals surface area contributed by atoms with Crippen molar-refractivity contribution in [1.29, 1.82) is 0 Å². The molecule has 1 aromatic heterocycles. The third-order valence-electron chi connectivity index (χ3n) is 3.48. The molecule has 1 heterocycles. The van der Waals surface area contributed by atoms with Crippen LogP contribution in [0.15, 0.2) is 59.4 Å². The molecule has 0 fully saturated rings. The maximum Gasteiger partial charge on any atom is 0.252 e. The number of aromatic nitrogens is 2. The fourth-order valence-electron chi connectivity index (χ4n) is 2.26. The summed E-state index contributed by atoms with van der Waals surface area (Å²) >= 11 is 0. The van der Waals surface area contributed by atoms with Crippen LogP contribution in [0.4, 0.5) is 10.3 Å². The van der Waals surface area contributed by atoms with Gasteiger partial charge in [-0.3, -0.25) is 9.78 Å². The van der Waals surface area contributed by atoms with Gasteiger partial charge in [-0.1, -0.05) is 24.3 Å². The SMILES string of the molecule is COc1cccc(-c2cc(=O)[nH]c(NCc3ccc(F)cc3)n2)c1. The number of halogens is 1. The van der Waals surface area contributed by atoms with E-state index >= 15 is 0 Å². The van der Waals surface area contributed by atoms with Crippen LogP contribution in [-0.2, 0) is 6.54 Å². The lowest BCUT2D eigenvalue weighted by atomic mass is 10.1. The molecule has 0 unspecified atom stereocenters. The van der Waals surface area contributed by atoms with Crippen LogP contribution in [0, 0.1) is 5.82 Å². The standard InChI is InChI=1S/C18H16FN3O2/c1-24-15-4-2-3-13(9-15)16-10-17(23)22-18(21-16)20-11-12-5-7-14(19)8-6-12/h2-10H,11H2,1H3,(H2,20,21,22,23). The average molecular weight is 325 g/mol. The molecule has 6 heteroatoms. The number of nitrogens with one attached hydrogen (secondary N) is 2. The van der Waals surface area contributed by atoms with Crippen molar-refractivity contribution in [3.8, 4) is 17.0 Å². The monoisotopic (exact) mass is 325 g/mol. The maximum absolute atomic E-state index is 12.9. The van der Waals surface area contributed by atoms with E-state index < -0.39 is 0 Å². The normalized spacial score (nSPS) is 10.4. The van der Waals surface area contributed by atoms with Crippen molar-refractivity contribution in [2.45, 2.75) is 6.54 Å². The van der Waals surface area contributed by atoms with Crippen LogP contribution in [0.3, 0.4) is 0 Å². The smallest absolute Gasteiger partial charge is 0.252 e. The Labute approximate surface area is 138 Å². The second-order valence-corrected chi connectivity index (χ2v) is 5.19.